The van der Waals surface area contributed by atoms with Gasteiger partial charge in [-0.15, -0.1) is 11.3 Å². The molecule has 3 nitrogen and oxygen atoms in total. The Hall–Kier alpha value is -0.720. The zero-order valence-electron chi connectivity index (χ0n) is 12.1. The quantitative estimate of drug-likeness (QED) is 0.789. The number of benzene rings is 1. The maximum absolute atomic E-state index is 10.3. The maximum Gasteiger partial charge on any atom is 0.0820 e. The second-order valence-electron chi connectivity index (χ2n) is 5.38. The fourth-order valence-electron chi connectivity index (χ4n) is 2.28. The summed E-state index contributed by atoms with van der Waals surface area (Å²) in [4.78, 5) is 2.10. The highest BCUT2D eigenvalue weighted by atomic mass is 79.9. The fraction of sp³-hybridized carbons (Fsp3) is 0.375. The summed E-state index contributed by atoms with van der Waals surface area (Å²) in [5.41, 5.74) is 8.52. The molecule has 0 fully saturated rings. The first-order chi connectivity index (χ1) is 10.0. The summed E-state index contributed by atoms with van der Waals surface area (Å²) in [5, 5.41) is 12.4. The number of aliphatic hydroxyl groups excluding tert-OH is 1. The topological polar surface area (TPSA) is 49.5 Å². The Morgan fingerprint density at radius 1 is 1.29 bits per heavy atom. The molecule has 2 aromatic rings. The molecular formula is C16H21BrN2OS. The number of thiophene rings is 1. The molecule has 0 aliphatic carbocycles. The molecule has 0 spiro atoms. The molecule has 2 rings (SSSR count). The minimum Gasteiger partial charge on any atom is -0.390 e. The third kappa shape index (κ3) is 5.52. The van der Waals surface area contributed by atoms with Crippen molar-refractivity contribution in [2.45, 2.75) is 25.1 Å². The van der Waals surface area contributed by atoms with E-state index in [9.17, 15) is 5.11 Å². The molecule has 2 atom stereocenters. The van der Waals surface area contributed by atoms with Crippen LogP contribution in [0.15, 0.2) is 45.6 Å². The molecule has 1 heterocycles. The molecular weight excluding hydrogens is 348 g/mol. The van der Waals surface area contributed by atoms with Gasteiger partial charge in [0.1, 0.15) is 0 Å². The lowest BCUT2D eigenvalue weighted by molar-refractivity contribution is 0.0993. The van der Waals surface area contributed by atoms with Crippen LogP contribution in [0, 0.1) is 0 Å². The Morgan fingerprint density at radius 2 is 2.00 bits per heavy atom. The van der Waals surface area contributed by atoms with E-state index < -0.39 is 6.10 Å². The molecule has 3 N–H and O–H groups in total. The number of halogens is 1. The van der Waals surface area contributed by atoms with Gasteiger partial charge < -0.3 is 10.8 Å². The third-order valence-electron chi connectivity index (χ3n) is 3.38. The second kappa shape index (κ2) is 8.06. The number of nitrogens with two attached hydrogens (primary N) is 1. The Bertz CT molecular complexity index is 546. The van der Waals surface area contributed by atoms with E-state index in [0.29, 0.717) is 13.0 Å². The van der Waals surface area contributed by atoms with Crippen molar-refractivity contribution in [1.29, 1.82) is 0 Å². The third-order valence-corrected chi connectivity index (χ3v) is 4.93. The van der Waals surface area contributed by atoms with Crippen molar-refractivity contribution in [1.82, 2.24) is 4.90 Å². The van der Waals surface area contributed by atoms with Gasteiger partial charge in [-0.25, -0.2) is 0 Å². The van der Waals surface area contributed by atoms with Crippen molar-refractivity contribution in [2.75, 3.05) is 13.6 Å². The summed E-state index contributed by atoms with van der Waals surface area (Å²) in [5.74, 6) is 0. The van der Waals surface area contributed by atoms with Crippen molar-refractivity contribution in [3.8, 4) is 0 Å². The second-order valence-corrected chi connectivity index (χ2v) is 7.67. The first kappa shape index (κ1) is 16.6. The van der Waals surface area contributed by atoms with E-state index in [2.05, 4.69) is 32.3 Å². The SMILES string of the molecule is CN(Cc1csc(Br)c1)CC(O)C(N)Cc1ccccc1. The van der Waals surface area contributed by atoms with E-state index in [4.69, 9.17) is 5.73 Å². The van der Waals surface area contributed by atoms with Crippen LogP contribution in [0.2, 0.25) is 0 Å². The van der Waals surface area contributed by atoms with Gasteiger partial charge in [0.15, 0.2) is 0 Å². The molecule has 114 valence electrons. The molecule has 0 amide bonds. The highest BCUT2D eigenvalue weighted by molar-refractivity contribution is 9.11. The molecule has 5 heteroatoms. The summed E-state index contributed by atoms with van der Waals surface area (Å²) in [7, 11) is 2.00. The Labute approximate surface area is 138 Å². The lowest BCUT2D eigenvalue weighted by Gasteiger charge is -2.24. The number of likely N-dealkylation sites (N-methyl/N-ethyl adjacent to an activating group) is 1. The zero-order chi connectivity index (χ0) is 15.2. The van der Waals surface area contributed by atoms with Gasteiger partial charge in [-0.2, -0.15) is 0 Å². The summed E-state index contributed by atoms with van der Waals surface area (Å²) in [6, 6.07) is 11.9. The van der Waals surface area contributed by atoms with Gasteiger partial charge >= 0.3 is 0 Å². The monoisotopic (exact) mass is 368 g/mol. The smallest absolute Gasteiger partial charge is 0.0820 e. The van der Waals surface area contributed by atoms with Crippen LogP contribution in [0.5, 0.6) is 0 Å². The van der Waals surface area contributed by atoms with Crippen LogP contribution in [0.1, 0.15) is 11.1 Å². The average Bonchev–Trinajstić information content (AvgIpc) is 2.84. The molecule has 0 bridgehead atoms. The van der Waals surface area contributed by atoms with Crippen LogP contribution in [0.25, 0.3) is 0 Å². The molecule has 0 saturated carbocycles. The molecule has 0 aliphatic heterocycles. The molecule has 1 aromatic carbocycles. The van der Waals surface area contributed by atoms with Gasteiger partial charge in [-0.05, 0) is 52.0 Å². The van der Waals surface area contributed by atoms with Gasteiger partial charge in [0.2, 0.25) is 0 Å². The van der Waals surface area contributed by atoms with Crippen LogP contribution in [0.3, 0.4) is 0 Å². The Kier molecular flexibility index (Phi) is 6.39. The molecule has 0 aliphatic rings. The van der Waals surface area contributed by atoms with Crippen molar-refractivity contribution in [3.63, 3.8) is 0 Å². The first-order valence-electron chi connectivity index (χ1n) is 6.93. The van der Waals surface area contributed by atoms with Gasteiger partial charge in [-0.1, -0.05) is 30.3 Å². The van der Waals surface area contributed by atoms with E-state index in [1.807, 2.05) is 37.4 Å². The highest BCUT2D eigenvalue weighted by Gasteiger charge is 2.17. The molecule has 1 aromatic heterocycles. The predicted octanol–water partition coefficient (Wildman–Crippen LogP) is 2.87. The average molecular weight is 369 g/mol. The van der Waals surface area contributed by atoms with Crippen molar-refractivity contribution >= 4 is 27.3 Å². The minimum atomic E-state index is -0.530. The molecule has 2 unspecified atom stereocenters. The highest BCUT2D eigenvalue weighted by Crippen LogP contribution is 2.21. The van der Waals surface area contributed by atoms with Gasteiger partial charge in [0.05, 0.1) is 9.89 Å². The Balaban J connectivity index is 1.81. The lowest BCUT2D eigenvalue weighted by atomic mass is 10.0. The zero-order valence-corrected chi connectivity index (χ0v) is 14.5. The normalized spacial score (nSPS) is 14.3. The summed E-state index contributed by atoms with van der Waals surface area (Å²) < 4.78 is 1.13. The summed E-state index contributed by atoms with van der Waals surface area (Å²) >= 11 is 5.14. The Morgan fingerprint density at radius 3 is 2.62 bits per heavy atom. The number of hydrogen-bond donors (Lipinski definition) is 2. The van der Waals surface area contributed by atoms with Crippen molar-refractivity contribution in [3.05, 3.63) is 56.7 Å². The van der Waals surface area contributed by atoms with Crippen molar-refractivity contribution < 1.29 is 5.11 Å². The van der Waals surface area contributed by atoms with Crippen molar-refractivity contribution in [2.24, 2.45) is 5.73 Å². The number of rotatable bonds is 7. The van der Waals surface area contributed by atoms with Gasteiger partial charge in [-0.3, -0.25) is 4.90 Å². The largest absolute Gasteiger partial charge is 0.390 e. The number of aliphatic hydroxyl groups is 1. The fourth-order valence-corrected chi connectivity index (χ4v) is 3.48. The summed E-state index contributed by atoms with van der Waals surface area (Å²) in [6.07, 6.45) is 0.164. The van der Waals surface area contributed by atoms with E-state index in [0.717, 1.165) is 15.9 Å². The number of nitrogens with zero attached hydrogens (tertiary/aromatic N) is 1. The maximum atomic E-state index is 10.3. The first-order valence-corrected chi connectivity index (χ1v) is 8.61. The lowest BCUT2D eigenvalue weighted by Crippen LogP contribution is -2.43. The van der Waals surface area contributed by atoms with E-state index in [-0.39, 0.29) is 6.04 Å². The minimum absolute atomic E-state index is 0.246. The van der Waals surface area contributed by atoms with Crippen LogP contribution in [-0.4, -0.2) is 35.7 Å². The van der Waals surface area contributed by atoms with Gasteiger partial charge in [0, 0.05) is 19.1 Å². The van der Waals surface area contributed by atoms with Gasteiger partial charge in [0.25, 0.3) is 0 Å². The van der Waals surface area contributed by atoms with Crippen LogP contribution in [-0.2, 0) is 13.0 Å². The molecule has 21 heavy (non-hydrogen) atoms. The summed E-state index contributed by atoms with van der Waals surface area (Å²) in [6.45, 7) is 1.39. The van der Waals surface area contributed by atoms with Crippen LogP contribution >= 0.6 is 27.3 Å². The number of hydrogen-bond acceptors (Lipinski definition) is 4. The van der Waals surface area contributed by atoms with Crippen LogP contribution in [0.4, 0.5) is 0 Å². The molecule has 0 saturated heterocycles. The molecule has 0 radical (unpaired) electrons. The van der Waals surface area contributed by atoms with E-state index >= 15 is 0 Å². The standard InChI is InChI=1S/C16H21BrN2OS/c1-19(9-13-8-16(17)21-11-13)10-15(20)14(18)7-12-5-3-2-4-6-12/h2-6,8,11,14-15,20H,7,9-10,18H2,1H3. The van der Waals surface area contributed by atoms with E-state index in [1.54, 1.807) is 11.3 Å². The van der Waals surface area contributed by atoms with E-state index in [1.165, 1.54) is 5.56 Å². The predicted molar refractivity (Wildman–Crippen MR) is 92.5 cm³/mol. The van der Waals surface area contributed by atoms with Crippen LogP contribution < -0.4 is 5.73 Å².